The molecule has 1 rings (SSSR count). The number of hydrogen-bond acceptors (Lipinski definition) is 2. The van der Waals surface area contributed by atoms with Gasteiger partial charge in [0.25, 0.3) is 0 Å². The minimum Gasteiger partial charge on any atom is -0.491 e. The molecule has 0 unspecified atom stereocenters. The van der Waals surface area contributed by atoms with Crippen LogP contribution in [0.15, 0.2) is 24.3 Å². The Bertz CT molecular complexity index is 379. The van der Waals surface area contributed by atoms with Crippen LogP contribution in [-0.2, 0) is 4.74 Å². The van der Waals surface area contributed by atoms with Crippen LogP contribution in [0.25, 0.3) is 0 Å². The molecular weight excluding hydrogens is 248 g/mol. The van der Waals surface area contributed by atoms with Crippen molar-refractivity contribution in [1.29, 1.82) is 0 Å². The van der Waals surface area contributed by atoms with Crippen molar-refractivity contribution in [1.82, 2.24) is 0 Å². The van der Waals surface area contributed by atoms with Gasteiger partial charge in [0.15, 0.2) is 0 Å². The Morgan fingerprint density at radius 2 is 1.35 bits per heavy atom. The zero-order chi connectivity index (χ0) is 15.4. The van der Waals surface area contributed by atoms with Crippen molar-refractivity contribution in [2.45, 2.75) is 47.5 Å². The summed E-state index contributed by atoms with van der Waals surface area (Å²) in [7, 11) is 1.68. The zero-order valence-electron chi connectivity index (χ0n) is 14.1. The van der Waals surface area contributed by atoms with Crippen molar-refractivity contribution in [3.05, 3.63) is 29.8 Å². The van der Waals surface area contributed by atoms with Crippen LogP contribution < -0.4 is 4.74 Å². The van der Waals surface area contributed by atoms with Gasteiger partial charge < -0.3 is 9.47 Å². The molecule has 114 valence electrons. The molecule has 0 N–H and O–H groups in total. The van der Waals surface area contributed by atoms with Crippen molar-refractivity contribution in [3.63, 3.8) is 0 Å². The number of hydrogen-bond donors (Lipinski definition) is 0. The van der Waals surface area contributed by atoms with Gasteiger partial charge in [-0.25, -0.2) is 0 Å². The van der Waals surface area contributed by atoms with Crippen molar-refractivity contribution < 1.29 is 9.47 Å². The molecule has 0 saturated heterocycles. The van der Waals surface area contributed by atoms with Gasteiger partial charge in [-0.3, -0.25) is 0 Å². The molecule has 0 amide bonds. The average molecular weight is 278 g/mol. The molecule has 0 fully saturated rings. The second kappa shape index (κ2) is 6.62. The van der Waals surface area contributed by atoms with Crippen molar-refractivity contribution in [2.24, 2.45) is 10.8 Å². The van der Waals surface area contributed by atoms with Crippen LogP contribution in [0.3, 0.4) is 0 Å². The van der Waals surface area contributed by atoms with Crippen molar-refractivity contribution in [2.75, 3.05) is 20.3 Å². The molecule has 1 aromatic carbocycles. The summed E-state index contributed by atoms with van der Waals surface area (Å²) in [5.74, 6) is 1.41. The van der Waals surface area contributed by atoms with E-state index in [2.05, 4.69) is 65.8 Å². The van der Waals surface area contributed by atoms with Gasteiger partial charge in [0.2, 0.25) is 0 Å². The summed E-state index contributed by atoms with van der Waals surface area (Å²) >= 11 is 0. The lowest BCUT2D eigenvalue weighted by Gasteiger charge is -2.41. The van der Waals surface area contributed by atoms with Crippen molar-refractivity contribution in [3.8, 4) is 5.75 Å². The Kier molecular flexibility index (Phi) is 5.64. The highest BCUT2D eigenvalue weighted by molar-refractivity contribution is 5.31. The molecule has 1 aromatic rings. The number of rotatable bonds is 5. The Balaban J connectivity index is 2.89. The average Bonchev–Trinajstić information content (AvgIpc) is 2.28. The molecule has 0 saturated carbocycles. The maximum atomic E-state index is 5.63. The minimum atomic E-state index is 0.233. The third kappa shape index (κ3) is 4.82. The Morgan fingerprint density at radius 1 is 0.850 bits per heavy atom. The quantitative estimate of drug-likeness (QED) is 0.714. The van der Waals surface area contributed by atoms with Crippen LogP contribution in [0.1, 0.15) is 53.0 Å². The number of benzene rings is 1. The third-order valence-corrected chi connectivity index (χ3v) is 3.50. The van der Waals surface area contributed by atoms with Gasteiger partial charge in [-0.2, -0.15) is 0 Å². The summed E-state index contributed by atoms with van der Waals surface area (Å²) in [4.78, 5) is 0. The number of ether oxygens (including phenoxy) is 2. The van der Waals surface area contributed by atoms with Gasteiger partial charge >= 0.3 is 0 Å². The normalized spacial score (nSPS) is 12.8. The van der Waals surface area contributed by atoms with E-state index >= 15 is 0 Å². The maximum Gasteiger partial charge on any atom is 0.119 e. The standard InChI is InChI=1S/C18H30O2/c1-17(2,3)16(18(4,5)6)14-8-10-15(11-9-14)20-13-12-19-7/h8-11,16H,12-13H2,1-7H3. The summed E-state index contributed by atoms with van der Waals surface area (Å²) in [6.07, 6.45) is 0. The largest absolute Gasteiger partial charge is 0.491 e. The van der Waals surface area contributed by atoms with E-state index in [-0.39, 0.29) is 10.8 Å². The molecule has 0 atom stereocenters. The topological polar surface area (TPSA) is 18.5 Å². The number of methoxy groups -OCH3 is 1. The van der Waals surface area contributed by atoms with E-state index in [0.29, 0.717) is 19.1 Å². The summed E-state index contributed by atoms with van der Waals surface area (Å²) < 4.78 is 10.6. The predicted molar refractivity (Wildman–Crippen MR) is 85.5 cm³/mol. The second-order valence-corrected chi connectivity index (χ2v) is 7.58. The highest BCUT2D eigenvalue weighted by atomic mass is 16.5. The van der Waals surface area contributed by atoms with E-state index in [1.54, 1.807) is 7.11 Å². The molecule has 0 aliphatic heterocycles. The van der Waals surface area contributed by atoms with E-state index in [1.165, 1.54) is 5.56 Å². The van der Waals surface area contributed by atoms with Gasteiger partial charge in [-0.15, -0.1) is 0 Å². The van der Waals surface area contributed by atoms with E-state index in [4.69, 9.17) is 9.47 Å². The first kappa shape index (κ1) is 17.0. The summed E-state index contributed by atoms with van der Waals surface area (Å²) in [6.45, 7) is 15.1. The Labute approximate surface area is 124 Å². The molecule has 0 aliphatic carbocycles. The highest BCUT2D eigenvalue weighted by Crippen LogP contribution is 2.47. The molecule has 0 spiro atoms. The molecule has 0 heterocycles. The Morgan fingerprint density at radius 3 is 1.75 bits per heavy atom. The molecule has 2 nitrogen and oxygen atoms in total. The smallest absolute Gasteiger partial charge is 0.119 e. The van der Waals surface area contributed by atoms with Gasteiger partial charge in [0, 0.05) is 7.11 Å². The van der Waals surface area contributed by atoms with Crippen LogP contribution in [0.5, 0.6) is 5.75 Å². The maximum absolute atomic E-state index is 5.63. The fraction of sp³-hybridized carbons (Fsp3) is 0.667. The van der Waals surface area contributed by atoms with Gasteiger partial charge in [-0.05, 0) is 34.4 Å². The van der Waals surface area contributed by atoms with E-state index in [1.807, 2.05) is 0 Å². The lowest BCUT2D eigenvalue weighted by Crippen LogP contribution is -2.30. The van der Waals surface area contributed by atoms with Crippen LogP contribution in [0, 0.1) is 10.8 Å². The molecule has 20 heavy (non-hydrogen) atoms. The van der Waals surface area contributed by atoms with Crippen LogP contribution in [0.4, 0.5) is 0 Å². The molecule has 2 heteroatoms. The molecule has 0 aliphatic rings. The summed E-state index contributed by atoms with van der Waals surface area (Å²) in [5.41, 5.74) is 1.84. The summed E-state index contributed by atoms with van der Waals surface area (Å²) in [5, 5.41) is 0. The highest BCUT2D eigenvalue weighted by Gasteiger charge is 2.35. The van der Waals surface area contributed by atoms with Crippen LogP contribution in [0.2, 0.25) is 0 Å². The second-order valence-electron chi connectivity index (χ2n) is 7.58. The lowest BCUT2D eigenvalue weighted by molar-refractivity contribution is 0.146. The van der Waals surface area contributed by atoms with Crippen LogP contribution >= 0.6 is 0 Å². The molecule has 0 radical (unpaired) electrons. The fourth-order valence-electron chi connectivity index (χ4n) is 3.30. The predicted octanol–water partition coefficient (Wildman–Crippen LogP) is 4.89. The molecule has 0 aromatic heterocycles. The minimum absolute atomic E-state index is 0.233. The fourth-order valence-corrected chi connectivity index (χ4v) is 3.30. The monoisotopic (exact) mass is 278 g/mol. The molecular formula is C18H30O2. The SMILES string of the molecule is COCCOc1ccc(C(C(C)(C)C)C(C)(C)C)cc1. The first-order valence-electron chi connectivity index (χ1n) is 7.38. The summed E-state index contributed by atoms with van der Waals surface area (Å²) in [6, 6.07) is 8.53. The van der Waals surface area contributed by atoms with E-state index in [0.717, 1.165) is 5.75 Å². The van der Waals surface area contributed by atoms with E-state index < -0.39 is 0 Å². The van der Waals surface area contributed by atoms with Gasteiger partial charge in [-0.1, -0.05) is 53.7 Å². The third-order valence-electron chi connectivity index (χ3n) is 3.50. The first-order chi connectivity index (χ1) is 9.16. The van der Waals surface area contributed by atoms with Crippen LogP contribution in [-0.4, -0.2) is 20.3 Å². The van der Waals surface area contributed by atoms with Gasteiger partial charge in [0.05, 0.1) is 6.61 Å². The Hall–Kier alpha value is -1.02. The van der Waals surface area contributed by atoms with Crippen molar-refractivity contribution >= 4 is 0 Å². The van der Waals surface area contributed by atoms with E-state index in [9.17, 15) is 0 Å². The lowest BCUT2D eigenvalue weighted by atomic mass is 9.64. The van der Waals surface area contributed by atoms with Gasteiger partial charge in [0.1, 0.15) is 12.4 Å². The zero-order valence-corrected chi connectivity index (χ0v) is 14.1. The first-order valence-corrected chi connectivity index (χ1v) is 7.38. The molecule has 0 bridgehead atoms.